The van der Waals surface area contributed by atoms with E-state index in [1.54, 1.807) is 6.07 Å². The van der Waals surface area contributed by atoms with E-state index < -0.39 is 5.91 Å². The first-order chi connectivity index (χ1) is 9.49. The third-order valence-electron chi connectivity index (χ3n) is 3.63. The minimum atomic E-state index is -0.459. The van der Waals surface area contributed by atoms with Crippen molar-refractivity contribution in [3.8, 4) is 0 Å². The molecule has 1 aromatic heterocycles. The second kappa shape index (κ2) is 6.15. The molecule has 0 aromatic carbocycles. The van der Waals surface area contributed by atoms with Gasteiger partial charge in [0.25, 0.3) is 0 Å². The maximum Gasteiger partial charge on any atom is 0.250 e. The molecular formula is C13H19N5OS. The van der Waals surface area contributed by atoms with E-state index in [9.17, 15) is 4.79 Å². The SMILES string of the molecule is CC(C(N)=S)N1CCN(c2ccc(C(N)=O)cn2)CC1. The Kier molecular flexibility index (Phi) is 4.51. The Morgan fingerprint density at radius 3 is 2.40 bits per heavy atom. The maximum atomic E-state index is 11.0. The summed E-state index contributed by atoms with van der Waals surface area (Å²) < 4.78 is 0. The van der Waals surface area contributed by atoms with Crippen molar-refractivity contribution in [3.05, 3.63) is 23.9 Å². The zero-order chi connectivity index (χ0) is 14.7. The highest BCUT2D eigenvalue weighted by atomic mass is 32.1. The molecule has 2 heterocycles. The van der Waals surface area contributed by atoms with Gasteiger partial charge in [0, 0.05) is 32.4 Å². The van der Waals surface area contributed by atoms with E-state index in [1.807, 2.05) is 13.0 Å². The van der Waals surface area contributed by atoms with Crippen LogP contribution in [0.15, 0.2) is 18.3 Å². The van der Waals surface area contributed by atoms with Gasteiger partial charge >= 0.3 is 0 Å². The average Bonchev–Trinajstić information content (AvgIpc) is 2.46. The van der Waals surface area contributed by atoms with Crippen LogP contribution < -0.4 is 16.4 Å². The Morgan fingerprint density at radius 1 is 1.30 bits per heavy atom. The van der Waals surface area contributed by atoms with Gasteiger partial charge in [-0.1, -0.05) is 12.2 Å². The molecular weight excluding hydrogens is 274 g/mol. The zero-order valence-corrected chi connectivity index (χ0v) is 12.3. The maximum absolute atomic E-state index is 11.0. The second-order valence-corrected chi connectivity index (χ2v) is 5.34. The van der Waals surface area contributed by atoms with Gasteiger partial charge in [-0.15, -0.1) is 0 Å². The highest BCUT2D eigenvalue weighted by Gasteiger charge is 2.23. The number of rotatable bonds is 4. The predicted octanol–water partition coefficient (Wildman–Crippen LogP) is -0.0229. The van der Waals surface area contributed by atoms with E-state index in [0.717, 1.165) is 32.0 Å². The fraction of sp³-hybridized carbons (Fsp3) is 0.462. The van der Waals surface area contributed by atoms with Crippen molar-refractivity contribution < 1.29 is 4.79 Å². The van der Waals surface area contributed by atoms with Crippen LogP contribution in [0, 0.1) is 0 Å². The standard InChI is InChI=1S/C13H19N5OS/c1-9(13(15)20)17-4-6-18(7-5-17)11-3-2-10(8-16-11)12(14)19/h2-3,8-9H,4-7H2,1H3,(H2,14,19)(H2,15,20). The molecule has 1 fully saturated rings. The third kappa shape index (κ3) is 3.23. The molecule has 7 heteroatoms. The molecule has 1 aliphatic rings. The average molecular weight is 293 g/mol. The van der Waals surface area contributed by atoms with Gasteiger partial charge in [-0.3, -0.25) is 9.69 Å². The van der Waals surface area contributed by atoms with Crippen molar-refractivity contribution >= 4 is 28.9 Å². The fourth-order valence-electron chi connectivity index (χ4n) is 2.24. The fourth-order valence-corrected chi connectivity index (χ4v) is 2.39. The number of carbonyl (C=O) groups is 1. The number of hydrogen-bond acceptors (Lipinski definition) is 5. The number of aromatic nitrogens is 1. The van der Waals surface area contributed by atoms with Gasteiger partial charge in [-0.05, 0) is 19.1 Å². The number of anilines is 1. The van der Waals surface area contributed by atoms with Gasteiger partial charge in [-0.2, -0.15) is 0 Å². The summed E-state index contributed by atoms with van der Waals surface area (Å²) in [7, 11) is 0. The van der Waals surface area contributed by atoms with Gasteiger partial charge in [0.15, 0.2) is 0 Å². The Hall–Kier alpha value is -1.73. The second-order valence-electron chi connectivity index (χ2n) is 4.87. The normalized spacial score (nSPS) is 17.8. The molecule has 0 spiro atoms. The predicted molar refractivity (Wildman–Crippen MR) is 82.8 cm³/mol. The van der Waals surface area contributed by atoms with Crippen molar-refractivity contribution in [2.24, 2.45) is 11.5 Å². The van der Waals surface area contributed by atoms with Crippen LogP contribution in [0.1, 0.15) is 17.3 Å². The lowest BCUT2D eigenvalue weighted by Crippen LogP contribution is -2.52. The molecule has 1 aromatic rings. The van der Waals surface area contributed by atoms with E-state index in [2.05, 4.69) is 14.8 Å². The van der Waals surface area contributed by atoms with E-state index >= 15 is 0 Å². The molecule has 1 atom stereocenters. The minimum absolute atomic E-state index is 0.123. The summed E-state index contributed by atoms with van der Waals surface area (Å²) >= 11 is 5.03. The summed E-state index contributed by atoms with van der Waals surface area (Å²) in [5.41, 5.74) is 11.3. The van der Waals surface area contributed by atoms with Crippen molar-refractivity contribution in [2.75, 3.05) is 31.1 Å². The van der Waals surface area contributed by atoms with E-state index in [4.69, 9.17) is 23.7 Å². The summed E-state index contributed by atoms with van der Waals surface area (Å²) in [5.74, 6) is 0.400. The van der Waals surface area contributed by atoms with E-state index in [1.165, 1.54) is 6.20 Å². The minimum Gasteiger partial charge on any atom is -0.392 e. The Balaban J connectivity index is 1.96. The molecule has 1 saturated heterocycles. The number of nitrogens with zero attached hydrogens (tertiary/aromatic N) is 3. The first-order valence-electron chi connectivity index (χ1n) is 6.53. The van der Waals surface area contributed by atoms with Crippen LogP contribution in [0.25, 0.3) is 0 Å². The van der Waals surface area contributed by atoms with Crippen molar-refractivity contribution in [1.82, 2.24) is 9.88 Å². The van der Waals surface area contributed by atoms with Crippen LogP contribution in [-0.4, -0.2) is 53.0 Å². The number of amides is 1. The molecule has 0 aliphatic carbocycles. The molecule has 4 N–H and O–H groups in total. The summed E-state index contributed by atoms with van der Waals surface area (Å²) in [6.45, 7) is 5.51. The van der Waals surface area contributed by atoms with Gasteiger partial charge in [0.05, 0.1) is 16.6 Å². The number of piperazine rings is 1. The first kappa shape index (κ1) is 14.7. The van der Waals surface area contributed by atoms with Gasteiger partial charge in [0.1, 0.15) is 5.82 Å². The monoisotopic (exact) mass is 293 g/mol. The largest absolute Gasteiger partial charge is 0.392 e. The highest BCUT2D eigenvalue weighted by molar-refractivity contribution is 7.80. The van der Waals surface area contributed by atoms with Crippen LogP contribution >= 0.6 is 12.2 Å². The Bertz CT molecular complexity index is 496. The summed E-state index contributed by atoms with van der Waals surface area (Å²) in [6.07, 6.45) is 1.52. The summed E-state index contributed by atoms with van der Waals surface area (Å²) in [5, 5.41) is 0. The molecule has 2 rings (SSSR count). The van der Waals surface area contributed by atoms with Gasteiger partial charge in [-0.25, -0.2) is 4.98 Å². The summed E-state index contributed by atoms with van der Waals surface area (Å²) in [4.78, 5) is 20.3. The van der Waals surface area contributed by atoms with Gasteiger partial charge < -0.3 is 16.4 Å². The molecule has 1 amide bonds. The molecule has 0 bridgehead atoms. The van der Waals surface area contributed by atoms with Crippen molar-refractivity contribution in [1.29, 1.82) is 0 Å². The van der Waals surface area contributed by atoms with Crippen LogP contribution in [0.4, 0.5) is 5.82 Å². The molecule has 0 radical (unpaired) electrons. The molecule has 0 saturated carbocycles. The van der Waals surface area contributed by atoms with Crippen molar-refractivity contribution in [2.45, 2.75) is 13.0 Å². The zero-order valence-electron chi connectivity index (χ0n) is 11.5. The molecule has 20 heavy (non-hydrogen) atoms. The quantitative estimate of drug-likeness (QED) is 0.758. The molecule has 6 nitrogen and oxygen atoms in total. The lowest BCUT2D eigenvalue weighted by Gasteiger charge is -2.38. The molecule has 108 valence electrons. The van der Waals surface area contributed by atoms with Crippen LogP contribution in [0.3, 0.4) is 0 Å². The van der Waals surface area contributed by atoms with E-state index in [0.29, 0.717) is 10.6 Å². The smallest absolute Gasteiger partial charge is 0.250 e. The van der Waals surface area contributed by atoms with Crippen LogP contribution in [-0.2, 0) is 0 Å². The van der Waals surface area contributed by atoms with Crippen LogP contribution in [0.5, 0.6) is 0 Å². The number of hydrogen-bond donors (Lipinski definition) is 2. The lowest BCUT2D eigenvalue weighted by molar-refractivity contribution is 0.1000. The topological polar surface area (TPSA) is 88.5 Å². The molecule has 1 unspecified atom stereocenters. The summed E-state index contributed by atoms with van der Waals surface area (Å²) in [6, 6.07) is 3.65. The number of pyridine rings is 1. The number of thiocarbonyl (C=S) groups is 1. The first-order valence-corrected chi connectivity index (χ1v) is 6.94. The third-order valence-corrected chi connectivity index (χ3v) is 3.97. The Labute approximate surface area is 123 Å². The lowest BCUT2D eigenvalue weighted by atomic mass is 10.2. The van der Waals surface area contributed by atoms with Crippen LogP contribution in [0.2, 0.25) is 0 Å². The van der Waals surface area contributed by atoms with Gasteiger partial charge in [0.2, 0.25) is 5.91 Å². The number of primary amides is 1. The Morgan fingerprint density at radius 2 is 1.95 bits per heavy atom. The van der Waals surface area contributed by atoms with E-state index in [-0.39, 0.29) is 6.04 Å². The number of nitrogens with two attached hydrogens (primary N) is 2. The molecule has 1 aliphatic heterocycles. The highest BCUT2D eigenvalue weighted by Crippen LogP contribution is 2.15. The number of carbonyl (C=O) groups excluding carboxylic acids is 1. The van der Waals surface area contributed by atoms with Crippen molar-refractivity contribution in [3.63, 3.8) is 0 Å².